The third-order valence-corrected chi connectivity index (χ3v) is 6.94. The molecule has 0 spiro atoms. The molecule has 0 radical (unpaired) electrons. The summed E-state index contributed by atoms with van der Waals surface area (Å²) >= 11 is 5.91. The van der Waals surface area contributed by atoms with Crippen molar-refractivity contribution in [2.24, 2.45) is 5.14 Å². The van der Waals surface area contributed by atoms with Gasteiger partial charge in [-0.25, -0.2) is 22.0 Å². The van der Waals surface area contributed by atoms with Gasteiger partial charge >= 0.3 is 0 Å². The molecule has 0 aromatic heterocycles. The van der Waals surface area contributed by atoms with Gasteiger partial charge in [-0.1, -0.05) is 23.7 Å². The van der Waals surface area contributed by atoms with E-state index in [1.807, 2.05) is 0 Å². The van der Waals surface area contributed by atoms with Gasteiger partial charge in [0, 0.05) is 13.1 Å². The Labute approximate surface area is 123 Å². The molecule has 1 fully saturated rings. The van der Waals surface area contributed by atoms with E-state index in [2.05, 4.69) is 0 Å². The average Bonchev–Trinajstić information content (AvgIpc) is 2.38. The molecule has 6 nitrogen and oxygen atoms in total. The fourth-order valence-electron chi connectivity index (χ4n) is 2.18. The van der Waals surface area contributed by atoms with E-state index in [1.54, 1.807) is 12.1 Å². The summed E-state index contributed by atoms with van der Waals surface area (Å²) in [6.45, 7) is 0.131. The highest BCUT2D eigenvalue weighted by Crippen LogP contribution is 2.27. The van der Waals surface area contributed by atoms with E-state index in [0.29, 0.717) is 12.8 Å². The molecule has 0 amide bonds. The molecule has 2 N–H and O–H groups in total. The SMILES string of the molecule is NS(=O)(=O)C1CCCN(S(=O)(=O)c2ccccc2Cl)C1. The normalized spacial score (nSPS) is 21.8. The largest absolute Gasteiger partial charge is 0.244 e. The highest BCUT2D eigenvalue weighted by molar-refractivity contribution is 7.90. The van der Waals surface area contributed by atoms with Gasteiger partial charge in [-0.2, -0.15) is 4.31 Å². The van der Waals surface area contributed by atoms with Gasteiger partial charge in [0.15, 0.2) is 0 Å². The van der Waals surface area contributed by atoms with Gasteiger partial charge < -0.3 is 0 Å². The second-order valence-electron chi connectivity index (χ2n) is 4.65. The van der Waals surface area contributed by atoms with E-state index >= 15 is 0 Å². The van der Waals surface area contributed by atoms with Crippen LogP contribution in [0.1, 0.15) is 12.8 Å². The monoisotopic (exact) mass is 338 g/mol. The smallest absolute Gasteiger partial charge is 0.228 e. The van der Waals surface area contributed by atoms with Crippen molar-refractivity contribution in [3.63, 3.8) is 0 Å². The van der Waals surface area contributed by atoms with Crippen molar-refractivity contribution in [2.45, 2.75) is 23.0 Å². The van der Waals surface area contributed by atoms with Crippen LogP contribution in [0.4, 0.5) is 0 Å². The van der Waals surface area contributed by atoms with Crippen molar-refractivity contribution in [3.05, 3.63) is 29.3 Å². The van der Waals surface area contributed by atoms with Crippen molar-refractivity contribution in [2.75, 3.05) is 13.1 Å². The van der Waals surface area contributed by atoms with Gasteiger partial charge in [-0.3, -0.25) is 0 Å². The van der Waals surface area contributed by atoms with Gasteiger partial charge in [-0.05, 0) is 25.0 Å². The first-order valence-electron chi connectivity index (χ1n) is 5.99. The van der Waals surface area contributed by atoms with E-state index in [1.165, 1.54) is 12.1 Å². The van der Waals surface area contributed by atoms with Gasteiger partial charge in [0.1, 0.15) is 4.90 Å². The summed E-state index contributed by atoms with van der Waals surface area (Å²) in [5, 5.41) is 4.36. The maximum Gasteiger partial charge on any atom is 0.244 e. The molecule has 1 aliphatic heterocycles. The number of rotatable bonds is 3. The van der Waals surface area contributed by atoms with Crippen LogP contribution in [-0.4, -0.2) is 39.5 Å². The van der Waals surface area contributed by atoms with Crippen molar-refractivity contribution >= 4 is 31.6 Å². The van der Waals surface area contributed by atoms with E-state index < -0.39 is 25.3 Å². The van der Waals surface area contributed by atoms with Crippen LogP contribution in [0.25, 0.3) is 0 Å². The number of nitrogens with zero attached hydrogens (tertiary/aromatic N) is 1. The number of sulfonamides is 2. The molecule has 1 saturated heterocycles. The number of hydrogen-bond acceptors (Lipinski definition) is 4. The number of primary sulfonamides is 1. The Morgan fingerprint density at radius 3 is 2.45 bits per heavy atom. The molecular weight excluding hydrogens is 324 g/mol. The fraction of sp³-hybridized carbons (Fsp3) is 0.455. The predicted octanol–water partition coefficient (Wildman–Crippen LogP) is 0.782. The van der Waals surface area contributed by atoms with Crippen LogP contribution in [0, 0.1) is 0 Å². The third-order valence-electron chi connectivity index (χ3n) is 3.26. The van der Waals surface area contributed by atoms with E-state index in [0.717, 1.165) is 4.31 Å². The number of hydrogen-bond donors (Lipinski definition) is 1. The lowest BCUT2D eigenvalue weighted by atomic mass is 10.2. The molecule has 1 aromatic carbocycles. The molecule has 1 heterocycles. The Bertz CT molecular complexity index is 703. The molecule has 20 heavy (non-hydrogen) atoms. The minimum absolute atomic E-state index is 0.0169. The lowest BCUT2D eigenvalue weighted by Crippen LogP contribution is -2.46. The van der Waals surface area contributed by atoms with Crippen molar-refractivity contribution in [3.8, 4) is 0 Å². The zero-order valence-electron chi connectivity index (χ0n) is 10.6. The molecule has 0 saturated carbocycles. The first-order valence-corrected chi connectivity index (χ1v) is 9.42. The quantitative estimate of drug-likeness (QED) is 0.880. The van der Waals surface area contributed by atoms with Gasteiger partial charge in [0.25, 0.3) is 0 Å². The minimum atomic E-state index is -3.80. The molecule has 1 unspecified atom stereocenters. The second-order valence-corrected chi connectivity index (χ2v) is 8.81. The number of benzene rings is 1. The Kier molecular flexibility index (Phi) is 4.41. The molecule has 0 aliphatic carbocycles. The molecule has 0 bridgehead atoms. The van der Waals surface area contributed by atoms with Crippen LogP contribution in [0.2, 0.25) is 5.02 Å². The van der Waals surface area contributed by atoms with Crippen LogP contribution in [0.5, 0.6) is 0 Å². The Balaban J connectivity index is 2.33. The van der Waals surface area contributed by atoms with Crippen molar-refractivity contribution < 1.29 is 16.8 Å². The fourth-order valence-corrected chi connectivity index (χ4v) is 5.18. The number of piperidine rings is 1. The second kappa shape index (κ2) is 5.61. The zero-order valence-corrected chi connectivity index (χ0v) is 13.0. The average molecular weight is 339 g/mol. The lowest BCUT2D eigenvalue weighted by molar-refractivity contribution is 0.346. The van der Waals surface area contributed by atoms with Crippen LogP contribution >= 0.6 is 11.6 Å². The van der Waals surface area contributed by atoms with Gasteiger partial charge in [0.2, 0.25) is 20.0 Å². The molecule has 1 aromatic rings. The maximum absolute atomic E-state index is 12.5. The third kappa shape index (κ3) is 3.15. The highest BCUT2D eigenvalue weighted by atomic mass is 35.5. The summed E-state index contributed by atoms with van der Waals surface area (Å²) in [6.07, 6.45) is 0.818. The van der Waals surface area contributed by atoms with Crippen LogP contribution < -0.4 is 5.14 Å². The zero-order chi connectivity index (χ0) is 15.0. The van der Waals surface area contributed by atoms with Crippen LogP contribution in [0.15, 0.2) is 29.2 Å². The number of halogens is 1. The summed E-state index contributed by atoms with van der Waals surface area (Å²) in [6, 6.07) is 6.08. The first kappa shape index (κ1) is 15.7. The van der Waals surface area contributed by atoms with Crippen LogP contribution in [0.3, 0.4) is 0 Å². The standard InChI is InChI=1S/C11H15ClN2O4S2/c12-10-5-1-2-6-11(10)20(17,18)14-7-3-4-9(8-14)19(13,15)16/h1-2,5-6,9H,3-4,7-8H2,(H2,13,15,16). The van der Waals surface area contributed by atoms with Crippen LogP contribution in [-0.2, 0) is 20.0 Å². The summed E-state index contributed by atoms with van der Waals surface area (Å²) in [4.78, 5) is -0.0169. The van der Waals surface area contributed by atoms with Crippen molar-refractivity contribution in [1.29, 1.82) is 0 Å². The lowest BCUT2D eigenvalue weighted by Gasteiger charge is -2.30. The topological polar surface area (TPSA) is 97.5 Å². The van der Waals surface area contributed by atoms with Crippen molar-refractivity contribution in [1.82, 2.24) is 4.31 Å². The molecule has 1 aliphatic rings. The first-order chi connectivity index (χ1) is 9.23. The Morgan fingerprint density at radius 1 is 1.20 bits per heavy atom. The Morgan fingerprint density at radius 2 is 1.85 bits per heavy atom. The molecule has 1 atom stereocenters. The highest BCUT2D eigenvalue weighted by Gasteiger charge is 2.35. The molecule has 2 rings (SSSR count). The van der Waals surface area contributed by atoms with Gasteiger partial charge in [0.05, 0.1) is 10.3 Å². The summed E-state index contributed by atoms with van der Waals surface area (Å²) < 4.78 is 48.9. The summed E-state index contributed by atoms with van der Waals surface area (Å²) in [5.41, 5.74) is 0. The molecular formula is C11H15ClN2O4S2. The number of nitrogens with two attached hydrogens (primary N) is 1. The maximum atomic E-state index is 12.5. The van der Waals surface area contributed by atoms with Gasteiger partial charge in [-0.15, -0.1) is 0 Å². The Hall–Kier alpha value is -0.670. The summed E-state index contributed by atoms with van der Waals surface area (Å²) in [7, 11) is -7.55. The molecule has 9 heteroatoms. The summed E-state index contributed by atoms with van der Waals surface area (Å²) in [5.74, 6) is 0. The van der Waals surface area contributed by atoms with E-state index in [4.69, 9.17) is 16.7 Å². The predicted molar refractivity (Wildman–Crippen MR) is 76.3 cm³/mol. The van der Waals surface area contributed by atoms with E-state index in [9.17, 15) is 16.8 Å². The van der Waals surface area contributed by atoms with E-state index in [-0.39, 0.29) is 23.0 Å². The minimum Gasteiger partial charge on any atom is -0.228 e. The molecule has 112 valence electrons.